The van der Waals surface area contributed by atoms with Crippen molar-refractivity contribution in [3.63, 3.8) is 0 Å². The lowest BCUT2D eigenvalue weighted by atomic mass is 10.1. The topological polar surface area (TPSA) is 91.6 Å². The fourth-order valence-corrected chi connectivity index (χ4v) is 5.00. The Morgan fingerprint density at radius 1 is 1.33 bits per heavy atom. The highest BCUT2D eigenvalue weighted by Gasteiger charge is 2.27. The summed E-state index contributed by atoms with van der Waals surface area (Å²) in [7, 11) is -1.53. The van der Waals surface area contributed by atoms with Gasteiger partial charge >= 0.3 is 0 Å². The molecule has 1 aromatic carbocycles. The van der Waals surface area contributed by atoms with Gasteiger partial charge in [-0.2, -0.15) is 9.29 Å². The normalized spacial score (nSPS) is 18.9. The minimum atomic E-state index is -3.56. The third-order valence-corrected chi connectivity index (χ3v) is 7.20. The molecular formula is C18H27N5O3S. The summed E-state index contributed by atoms with van der Waals surface area (Å²) in [5.41, 5.74) is 1.30. The van der Waals surface area contributed by atoms with Crippen LogP contribution in [0.15, 0.2) is 27.6 Å². The molecule has 2 aromatic rings. The van der Waals surface area contributed by atoms with Crippen LogP contribution in [0, 0.1) is 6.92 Å². The largest absolute Gasteiger partial charge is 0.334 e. The van der Waals surface area contributed by atoms with Crippen LogP contribution in [0.25, 0.3) is 11.5 Å². The molecule has 0 amide bonds. The lowest BCUT2D eigenvalue weighted by molar-refractivity contribution is 0.190. The maximum absolute atomic E-state index is 12.9. The Morgan fingerprint density at radius 3 is 2.74 bits per heavy atom. The van der Waals surface area contributed by atoms with Crippen LogP contribution in [0.3, 0.4) is 0 Å². The van der Waals surface area contributed by atoms with E-state index in [-0.39, 0.29) is 10.9 Å². The van der Waals surface area contributed by atoms with Gasteiger partial charge in [0.05, 0.1) is 10.9 Å². The van der Waals surface area contributed by atoms with Crippen molar-refractivity contribution in [2.75, 3.05) is 39.8 Å². The zero-order valence-corrected chi connectivity index (χ0v) is 17.1. The molecule has 9 heteroatoms. The second-order valence-electron chi connectivity index (χ2n) is 6.73. The number of nitrogens with zero attached hydrogens (tertiary/aromatic N) is 4. The smallest absolute Gasteiger partial charge is 0.258 e. The van der Waals surface area contributed by atoms with Gasteiger partial charge in [-0.25, -0.2) is 8.42 Å². The second kappa shape index (κ2) is 8.05. The van der Waals surface area contributed by atoms with E-state index in [0.717, 1.165) is 19.6 Å². The Bertz CT molecular complexity index is 892. The van der Waals surface area contributed by atoms with Crippen molar-refractivity contribution < 1.29 is 12.9 Å². The van der Waals surface area contributed by atoms with Gasteiger partial charge in [-0.1, -0.05) is 25.1 Å². The monoisotopic (exact) mass is 393 g/mol. The lowest BCUT2D eigenvalue weighted by Crippen LogP contribution is -2.44. The Morgan fingerprint density at radius 2 is 2.07 bits per heavy atom. The first-order valence-electron chi connectivity index (χ1n) is 9.24. The van der Waals surface area contributed by atoms with Crippen LogP contribution in [-0.4, -0.2) is 67.5 Å². The molecule has 1 N–H and O–H groups in total. The summed E-state index contributed by atoms with van der Waals surface area (Å²) in [6.45, 7) is 8.90. The number of sulfonamides is 1. The molecule has 1 fully saturated rings. The summed E-state index contributed by atoms with van der Waals surface area (Å²) in [5.74, 6) is 0.938. The predicted octanol–water partition coefficient (Wildman–Crippen LogP) is 1.65. The van der Waals surface area contributed by atoms with Gasteiger partial charge in [0, 0.05) is 38.3 Å². The minimum Gasteiger partial charge on any atom is -0.334 e. The molecule has 3 rings (SSSR count). The lowest BCUT2D eigenvalue weighted by Gasteiger charge is -2.30. The van der Waals surface area contributed by atoms with Crippen molar-refractivity contribution in [1.82, 2.24) is 24.7 Å². The van der Waals surface area contributed by atoms with Crippen LogP contribution in [-0.2, 0) is 10.0 Å². The van der Waals surface area contributed by atoms with Gasteiger partial charge in [0.15, 0.2) is 5.82 Å². The van der Waals surface area contributed by atoms with Gasteiger partial charge in [0.2, 0.25) is 10.0 Å². The standard InChI is InChI=1S/C18H27N5O3S/c1-5-23(6-2)27(24,25)16-11-14(8-7-13(16)3)18-20-17(21-26-18)15-12-19-9-10-22(15)4/h7-8,11,15,19H,5-6,9-10,12H2,1-4H3. The number of aromatic nitrogens is 2. The van der Waals surface area contributed by atoms with E-state index in [9.17, 15) is 8.42 Å². The molecule has 0 aliphatic carbocycles. The number of nitrogens with one attached hydrogen (secondary N) is 1. The van der Waals surface area contributed by atoms with E-state index in [1.807, 2.05) is 27.0 Å². The third-order valence-electron chi connectivity index (χ3n) is 5.01. The van der Waals surface area contributed by atoms with Crippen LogP contribution in [0.4, 0.5) is 0 Å². The number of benzene rings is 1. The molecule has 1 aliphatic heterocycles. The highest BCUT2D eigenvalue weighted by atomic mass is 32.2. The summed E-state index contributed by atoms with van der Waals surface area (Å²) >= 11 is 0. The Hall–Kier alpha value is -1.81. The van der Waals surface area contributed by atoms with Crippen molar-refractivity contribution in [1.29, 1.82) is 0 Å². The SMILES string of the molecule is CCN(CC)S(=O)(=O)c1cc(-c2nc(C3CNCCN3C)no2)ccc1C. The van der Waals surface area contributed by atoms with E-state index in [4.69, 9.17) is 4.52 Å². The average molecular weight is 394 g/mol. The summed E-state index contributed by atoms with van der Waals surface area (Å²) in [6, 6.07) is 5.27. The molecule has 1 aliphatic rings. The van der Waals surface area contributed by atoms with E-state index < -0.39 is 10.0 Å². The number of likely N-dealkylation sites (N-methyl/N-ethyl adjacent to an activating group) is 1. The molecular weight excluding hydrogens is 366 g/mol. The summed E-state index contributed by atoms with van der Waals surface area (Å²) in [6.07, 6.45) is 0. The Labute approximate surface area is 160 Å². The zero-order valence-electron chi connectivity index (χ0n) is 16.3. The van der Waals surface area contributed by atoms with Crippen LogP contribution >= 0.6 is 0 Å². The molecule has 8 nitrogen and oxygen atoms in total. The third kappa shape index (κ3) is 3.91. The van der Waals surface area contributed by atoms with Crippen LogP contribution in [0.1, 0.15) is 31.3 Å². The van der Waals surface area contributed by atoms with E-state index >= 15 is 0 Å². The van der Waals surface area contributed by atoms with Gasteiger partial charge < -0.3 is 9.84 Å². The van der Waals surface area contributed by atoms with Gasteiger partial charge in [-0.3, -0.25) is 4.90 Å². The highest BCUT2D eigenvalue weighted by Crippen LogP contribution is 2.28. The van der Waals surface area contributed by atoms with E-state index in [1.165, 1.54) is 4.31 Å². The molecule has 0 radical (unpaired) electrons. The molecule has 0 spiro atoms. The fraction of sp³-hybridized carbons (Fsp3) is 0.556. The van der Waals surface area contributed by atoms with Crippen LogP contribution < -0.4 is 5.32 Å². The number of hydrogen-bond donors (Lipinski definition) is 1. The number of piperazine rings is 1. The van der Waals surface area contributed by atoms with Gasteiger partial charge in [0.1, 0.15) is 0 Å². The molecule has 0 saturated carbocycles. The molecule has 1 unspecified atom stereocenters. The summed E-state index contributed by atoms with van der Waals surface area (Å²) in [5, 5.41) is 7.45. The summed E-state index contributed by atoms with van der Waals surface area (Å²) < 4.78 is 32.8. The Balaban J connectivity index is 1.95. The van der Waals surface area contributed by atoms with Crippen molar-refractivity contribution >= 4 is 10.0 Å². The zero-order chi connectivity index (χ0) is 19.6. The van der Waals surface area contributed by atoms with Crippen molar-refractivity contribution in [3.05, 3.63) is 29.6 Å². The predicted molar refractivity (Wildman–Crippen MR) is 103 cm³/mol. The highest BCUT2D eigenvalue weighted by molar-refractivity contribution is 7.89. The molecule has 1 atom stereocenters. The first-order valence-corrected chi connectivity index (χ1v) is 10.7. The van der Waals surface area contributed by atoms with Crippen molar-refractivity contribution in [2.24, 2.45) is 0 Å². The molecule has 2 heterocycles. The fourth-order valence-electron chi connectivity index (χ4n) is 3.30. The van der Waals surface area contributed by atoms with E-state index in [0.29, 0.717) is 35.9 Å². The number of aryl methyl sites for hydroxylation is 1. The van der Waals surface area contributed by atoms with Gasteiger partial charge in [0.25, 0.3) is 5.89 Å². The van der Waals surface area contributed by atoms with Crippen LogP contribution in [0.2, 0.25) is 0 Å². The molecule has 148 valence electrons. The number of hydrogen-bond acceptors (Lipinski definition) is 7. The molecule has 1 saturated heterocycles. The molecule has 1 aromatic heterocycles. The summed E-state index contributed by atoms with van der Waals surface area (Å²) in [4.78, 5) is 6.98. The maximum atomic E-state index is 12.9. The van der Waals surface area contributed by atoms with E-state index in [1.54, 1.807) is 19.1 Å². The first kappa shape index (κ1) is 19.9. The minimum absolute atomic E-state index is 0.0422. The van der Waals surface area contributed by atoms with Crippen LogP contribution in [0.5, 0.6) is 0 Å². The van der Waals surface area contributed by atoms with Gasteiger partial charge in [-0.05, 0) is 31.7 Å². The van der Waals surface area contributed by atoms with Crippen molar-refractivity contribution in [2.45, 2.75) is 31.7 Å². The number of rotatable bonds is 6. The van der Waals surface area contributed by atoms with E-state index in [2.05, 4.69) is 20.4 Å². The van der Waals surface area contributed by atoms with Crippen molar-refractivity contribution in [3.8, 4) is 11.5 Å². The quantitative estimate of drug-likeness (QED) is 0.798. The maximum Gasteiger partial charge on any atom is 0.258 e. The first-order chi connectivity index (χ1) is 12.9. The Kier molecular flexibility index (Phi) is 5.95. The average Bonchev–Trinajstić information content (AvgIpc) is 3.13. The van der Waals surface area contributed by atoms with Gasteiger partial charge in [-0.15, -0.1) is 0 Å². The molecule has 27 heavy (non-hydrogen) atoms. The second-order valence-corrected chi connectivity index (χ2v) is 8.63. The molecule has 0 bridgehead atoms.